The van der Waals surface area contributed by atoms with E-state index < -0.39 is 0 Å². The van der Waals surface area contributed by atoms with Gasteiger partial charge in [0.2, 0.25) is 17.7 Å². The number of nitrogens with two attached hydrogens (primary N) is 1. The second kappa shape index (κ2) is 7.37. The highest BCUT2D eigenvalue weighted by molar-refractivity contribution is 5.80. The van der Waals surface area contributed by atoms with Crippen LogP contribution >= 0.6 is 0 Å². The van der Waals surface area contributed by atoms with E-state index in [1.54, 1.807) is 25.1 Å². The van der Waals surface area contributed by atoms with Crippen LogP contribution in [0.5, 0.6) is 5.88 Å². The lowest BCUT2D eigenvalue weighted by Crippen LogP contribution is -2.37. The summed E-state index contributed by atoms with van der Waals surface area (Å²) in [6, 6.07) is 1.61. The molecule has 0 spiro atoms. The number of hydrogen-bond acceptors (Lipinski definition) is 7. The van der Waals surface area contributed by atoms with Gasteiger partial charge in [0.25, 0.3) is 0 Å². The average Bonchev–Trinajstić information content (AvgIpc) is 2.38. The van der Waals surface area contributed by atoms with Crippen LogP contribution in [-0.2, 0) is 9.53 Å². The van der Waals surface area contributed by atoms with E-state index >= 15 is 0 Å². The summed E-state index contributed by atoms with van der Waals surface area (Å²) >= 11 is 0. The Balaban J connectivity index is 2.59. The molecular weight excluding hydrogens is 250 g/mol. The maximum Gasteiger partial charge on any atom is 0.239 e. The van der Waals surface area contributed by atoms with Crippen molar-refractivity contribution < 1.29 is 14.3 Å². The first-order valence-electron chi connectivity index (χ1n) is 5.72. The van der Waals surface area contributed by atoms with Crippen molar-refractivity contribution in [2.75, 3.05) is 51.6 Å². The average molecular weight is 269 g/mol. The molecule has 0 radical (unpaired) electrons. The highest BCUT2D eigenvalue weighted by atomic mass is 16.5. The topological polar surface area (TPSA) is 103 Å². The van der Waals surface area contributed by atoms with Crippen molar-refractivity contribution in [2.45, 2.75) is 0 Å². The summed E-state index contributed by atoms with van der Waals surface area (Å²) in [6.45, 7) is 1.10. The number of nitrogen functional groups attached to an aromatic ring is 1. The molecule has 0 saturated heterocycles. The fraction of sp³-hybridized carbons (Fsp3) is 0.545. The van der Waals surface area contributed by atoms with Gasteiger partial charge in [-0.3, -0.25) is 4.79 Å². The number of nitrogens with zero attached hydrogens (tertiary/aromatic N) is 3. The highest BCUT2D eigenvalue weighted by Crippen LogP contribution is 2.16. The van der Waals surface area contributed by atoms with Crippen LogP contribution in [0.15, 0.2) is 6.07 Å². The lowest BCUT2D eigenvalue weighted by molar-refractivity contribution is -0.119. The van der Waals surface area contributed by atoms with Crippen LogP contribution in [0, 0.1) is 0 Å². The molecule has 1 heterocycles. The fourth-order valence-corrected chi connectivity index (χ4v) is 1.38. The number of nitrogens with one attached hydrogen (secondary N) is 1. The second-order valence-electron chi connectivity index (χ2n) is 3.83. The highest BCUT2D eigenvalue weighted by Gasteiger charge is 2.11. The lowest BCUT2D eigenvalue weighted by atomic mass is 10.4. The van der Waals surface area contributed by atoms with Crippen molar-refractivity contribution in [2.24, 2.45) is 0 Å². The molecule has 0 atom stereocenters. The van der Waals surface area contributed by atoms with E-state index in [0.29, 0.717) is 24.8 Å². The van der Waals surface area contributed by atoms with Gasteiger partial charge < -0.3 is 25.4 Å². The first-order chi connectivity index (χ1) is 9.06. The molecule has 19 heavy (non-hydrogen) atoms. The van der Waals surface area contributed by atoms with Crippen LogP contribution in [0.25, 0.3) is 0 Å². The Labute approximate surface area is 111 Å². The SMILES string of the molecule is COCCNC(=O)CN(C)c1cc(OC)nc(N)n1. The smallest absolute Gasteiger partial charge is 0.239 e. The molecule has 0 unspecified atom stereocenters. The van der Waals surface area contributed by atoms with Crippen molar-refractivity contribution in [1.29, 1.82) is 0 Å². The van der Waals surface area contributed by atoms with Gasteiger partial charge in [0.1, 0.15) is 5.82 Å². The van der Waals surface area contributed by atoms with Gasteiger partial charge in [0.15, 0.2) is 0 Å². The largest absolute Gasteiger partial charge is 0.481 e. The predicted octanol–water partition coefficient (Wildman–Crippen LogP) is -0.734. The molecule has 1 amide bonds. The zero-order valence-corrected chi connectivity index (χ0v) is 11.3. The molecule has 1 aromatic rings. The number of hydrogen-bond donors (Lipinski definition) is 2. The van der Waals surface area contributed by atoms with Gasteiger partial charge in [0, 0.05) is 26.8 Å². The molecule has 1 rings (SSSR count). The summed E-state index contributed by atoms with van der Waals surface area (Å²) in [5.41, 5.74) is 5.56. The number of likely N-dealkylation sites (N-methyl/N-ethyl adjacent to an activating group) is 1. The molecule has 0 aliphatic heterocycles. The van der Waals surface area contributed by atoms with Crippen LogP contribution in [-0.4, -0.2) is 56.8 Å². The van der Waals surface area contributed by atoms with E-state index in [1.165, 1.54) is 7.11 Å². The molecule has 0 bridgehead atoms. The fourth-order valence-electron chi connectivity index (χ4n) is 1.38. The summed E-state index contributed by atoms with van der Waals surface area (Å²) in [7, 11) is 4.80. The quantitative estimate of drug-likeness (QED) is 0.629. The van der Waals surface area contributed by atoms with E-state index in [4.69, 9.17) is 15.2 Å². The number of methoxy groups -OCH3 is 2. The minimum absolute atomic E-state index is 0.0981. The van der Waals surface area contributed by atoms with E-state index in [1.807, 2.05) is 0 Å². The second-order valence-corrected chi connectivity index (χ2v) is 3.83. The number of anilines is 2. The Morgan fingerprint density at radius 2 is 2.21 bits per heavy atom. The molecule has 1 aromatic heterocycles. The number of carbonyl (C=O) groups is 1. The Morgan fingerprint density at radius 3 is 2.84 bits per heavy atom. The molecular formula is C11H19N5O3. The third-order valence-electron chi connectivity index (χ3n) is 2.32. The Bertz CT molecular complexity index is 427. The molecule has 0 aliphatic rings. The van der Waals surface area contributed by atoms with Gasteiger partial charge in [-0.25, -0.2) is 0 Å². The number of rotatable bonds is 7. The van der Waals surface area contributed by atoms with Gasteiger partial charge in [-0.15, -0.1) is 0 Å². The molecule has 0 saturated carbocycles. The molecule has 0 fully saturated rings. The molecule has 106 valence electrons. The van der Waals surface area contributed by atoms with Crippen molar-refractivity contribution in [3.8, 4) is 5.88 Å². The molecule has 3 N–H and O–H groups in total. The van der Waals surface area contributed by atoms with Crippen molar-refractivity contribution in [1.82, 2.24) is 15.3 Å². The summed E-state index contributed by atoms with van der Waals surface area (Å²) in [5, 5.41) is 2.72. The number of amides is 1. The first kappa shape index (κ1) is 15.0. The van der Waals surface area contributed by atoms with Crippen molar-refractivity contribution in [3.63, 3.8) is 0 Å². The molecule has 0 aliphatic carbocycles. The predicted molar refractivity (Wildman–Crippen MR) is 71.2 cm³/mol. The summed E-state index contributed by atoms with van der Waals surface area (Å²) in [5.74, 6) is 0.845. The minimum atomic E-state index is -0.129. The Kier molecular flexibility index (Phi) is 5.80. The first-order valence-corrected chi connectivity index (χ1v) is 5.72. The zero-order chi connectivity index (χ0) is 14.3. The summed E-state index contributed by atoms with van der Waals surface area (Å²) in [4.78, 5) is 21.2. The minimum Gasteiger partial charge on any atom is -0.481 e. The Hall–Kier alpha value is -2.09. The Morgan fingerprint density at radius 1 is 1.47 bits per heavy atom. The van der Waals surface area contributed by atoms with Gasteiger partial charge in [-0.1, -0.05) is 0 Å². The molecule has 0 aromatic carbocycles. The zero-order valence-electron chi connectivity index (χ0n) is 11.3. The third-order valence-corrected chi connectivity index (χ3v) is 2.32. The maximum atomic E-state index is 11.6. The standard InChI is InChI=1S/C11H19N5O3/c1-16(7-9(17)13-4-5-18-2)8-6-10(19-3)15-11(12)14-8/h6H,4-5,7H2,1-3H3,(H,13,17)(H2,12,14,15). The van der Waals surface area contributed by atoms with Crippen LogP contribution < -0.4 is 20.7 Å². The number of aromatic nitrogens is 2. The number of carbonyl (C=O) groups excluding carboxylic acids is 1. The van der Waals surface area contributed by atoms with Crippen LogP contribution in [0.2, 0.25) is 0 Å². The van der Waals surface area contributed by atoms with E-state index in [2.05, 4.69) is 15.3 Å². The number of ether oxygens (including phenoxy) is 2. The normalized spacial score (nSPS) is 10.1. The lowest BCUT2D eigenvalue weighted by Gasteiger charge is -2.18. The van der Waals surface area contributed by atoms with E-state index in [9.17, 15) is 4.79 Å². The van der Waals surface area contributed by atoms with Gasteiger partial charge in [-0.2, -0.15) is 9.97 Å². The van der Waals surface area contributed by atoms with Crippen LogP contribution in [0.4, 0.5) is 11.8 Å². The summed E-state index contributed by atoms with van der Waals surface area (Å²) in [6.07, 6.45) is 0. The summed E-state index contributed by atoms with van der Waals surface area (Å²) < 4.78 is 9.84. The van der Waals surface area contributed by atoms with Crippen LogP contribution in [0.1, 0.15) is 0 Å². The van der Waals surface area contributed by atoms with Gasteiger partial charge in [0.05, 0.1) is 20.3 Å². The van der Waals surface area contributed by atoms with E-state index in [-0.39, 0.29) is 18.4 Å². The van der Waals surface area contributed by atoms with Crippen molar-refractivity contribution >= 4 is 17.7 Å². The molecule has 8 heteroatoms. The van der Waals surface area contributed by atoms with E-state index in [0.717, 1.165) is 0 Å². The van der Waals surface area contributed by atoms with Gasteiger partial charge >= 0.3 is 0 Å². The van der Waals surface area contributed by atoms with Gasteiger partial charge in [-0.05, 0) is 0 Å². The third kappa shape index (κ3) is 4.96. The van der Waals surface area contributed by atoms with Crippen molar-refractivity contribution in [3.05, 3.63) is 6.07 Å². The van der Waals surface area contributed by atoms with Crippen LogP contribution in [0.3, 0.4) is 0 Å². The monoisotopic (exact) mass is 269 g/mol. The maximum absolute atomic E-state index is 11.6. The molecule has 8 nitrogen and oxygen atoms in total.